The average molecular weight is 632 g/mol. The number of nitrogens with one attached hydrogen (secondary N) is 1. The molecule has 4 rings (SSSR count). The quantitative estimate of drug-likeness (QED) is 0.0368. The molecule has 226 valence electrons. The predicted octanol–water partition coefficient (Wildman–Crippen LogP) is 7.12. The number of phenolic OH excluding ortho intramolecular Hbond substituents is 2. The Balaban J connectivity index is 1.87. The summed E-state index contributed by atoms with van der Waals surface area (Å²) in [6.07, 6.45) is 0. The van der Waals surface area contributed by atoms with Crippen molar-refractivity contribution in [3.05, 3.63) is 54.1 Å². The number of ether oxygens (including phenoxy) is 2. The molecule has 0 heterocycles. The molecule has 0 aliphatic heterocycles. The summed E-state index contributed by atoms with van der Waals surface area (Å²) >= 11 is 0.573. The van der Waals surface area contributed by atoms with Crippen LogP contribution < -0.4 is 14.8 Å². The van der Waals surface area contributed by atoms with E-state index in [9.17, 15) is 23.2 Å². The highest BCUT2D eigenvalue weighted by molar-refractivity contribution is 7.94. The summed E-state index contributed by atoms with van der Waals surface area (Å²) < 4.78 is 47.7. The van der Waals surface area contributed by atoms with Crippen LogP contribution in [0.4, 0.5) is 28.4 Å². The van der Waals surface area contributed by atoms with E-state index in [4.69, 9.17) is 14.7 Å². The Morgan fingerprint density at radius 1 is 0.837 bits per heavy atom. The average Bonchev–Trinajstić information content (AvgIpc) is 2.99. The molecule has 43 heavy (non-hydrogen) atoms. The van der Waals surface area contributed by atoms with Gasteiger partial charge in [-0.1, -0.05) is 5.04 Å². The first kappa shape index (κ1) is 31.4. The predicted molar refractivity (Wildman–Crippen MR) is 156 cm³/mol. The lowest BCUT2D eigenvalue weighted by Crippen LogP contribution is -1.96. The van der Waals surface area contributed by atoms with Crippen molar-refractivity contribution < 1.29 is 47.3 Å². The topological polar surface area (TPSA) is 213 Å². The van der Waals surface area contributed by atoms with Crippen molar-refractivity contribution in [2.75, 3.05) is 26.6 Å². The van der Waals surface area contributed by atoms with E-state index in [1.807, 2.05) is 6.92 Å². The maximum atomic E-state index is 11.5. The first-order valence-electron chi connectivity index (χ1n) is 12.0. The lowest BCUT2D eigenvalue weighted by Gasteiger charge is -2.13. The number of fused-ring (bicyclic) bond motifs is 1. The van der Waals surface area contributed by atoms with E-state index in [2.05, 4.69) is 35.1 Å². The molecule has 0 saturated carbocycles. The molecule has 4 aromatic rings. The van der Waals surface area contributed by atoms with Crippen LogP contribution in [-0.2, 0) is 19.5 Å². The van der Waals surface area contributed by atoms with Gasteiger partial charge in [-0.3, -0.25) is 4.55 Å². The summed E-state index contributed by atoms with van der Waals surface area (Å²) in [6, 6.07) is 10.9. The van der Waals surface area contributed by atoms with E-state index in [1.54, 1.807) is 25.2 Å². The van der Waals surface area contributed by atoms with Crippen molar-refractivity contribution in [2.45, 2.75) is 16.7 Å². The smallest absolute Gasteiger partial charge is 0.294 e. The molecule has 4 aromatic carbocycles. The highest BCUT2D eigenvalue weighted by atomic mass is 32.2. The number of azo groups is 2. The van der Waals surface area contributed by atoms with Gasteiger partial charge in [0.1, 0.15) is 28.5 Å². The van der Waals surface area contributed by atoms with Gasteiger partial charge < -0.3 is 25.0 Å². The van der Waals surface area contributed by atoms with E-state index < -0.39 is 20.8 Å². The molecule has 5 N–H and O–H groups in total. The van der Waals surface area contributed by atoms with Gasteiger partial charge in [0, 0.05) is 30.3 Å². The Morgan fingerprint density at radius 2 is 1.47 bits per heavy atom. The lowest BCUT2D eigenvalue weighted by molar-refractivity contribution is -0.432. The summed E-state index contributed by atoms with van der Waals surface area (Å²) in [7, 11) is -0.0217. The van der Waals surface area contributed by atoms with Crippen LogP contribution in [0.5, 0.6) is 23.0 Å². The third-order valence-corrected chi connectivity index (χ3v) is 7.64. The molecule has 17 heteroatoms. The number of hydrogen-bond donors (Lipinski definition) is 5. The van der Waals surface area contributed by atoms with Crippen molar-refractivity contribution in [1.29, 1.82) is 0 Å². The molecule has 0 aliphatic rings. The molecule has 15 nitrogen and oxygen atoms in total. The number of anilines is 1. The first-order chi connectivity index (χ1) is 20.5. The Bertz CT molecular complexity index is 1850. The Morgan fingerprint density at radius 3 is 2.05 bits per heavy atom. The molecule has 0 atom stereocenters. The summed E-state index contributed by atoms with van der Waals surface area (Å²) in [5, 5.41) is 54.5. The summed E-state index contributed by atoms with van der Waals surface area (Å²) in [5.74, 6) is -0.173. The third kappa shape index (κ3) is 6.77. The van der Waals surface area contributed by atoms with Crippen LogP contribution in [-0.4, -0.2) is 49.7 Å². The first-order valence-corrected chi connectivity index (χ1v) is 14.2. The van der Waals surface area contributed by atoms with Gasteiger partial charge >= 0.3 is 0 Å². The monoisotopic (exact) mass is 631 g/mol. The molecular weight excluding hydrogens is 606 g/mol. The highest BCUT2D eigenvalue weighted by Crippen LogP contribution is 2.47. The molecular formula is C26H25N5O10S2. The van der Waals surface area contributed by atoms with Crippen LogP contribution in [0.1, 0.15) is 5.56 Å². The second-order valence-corrected chi connectivity index (χ2v) is 10.8. The molecule has 0 bridgehead atoms. The highest BCUT2D eigenvalue weighted by Gasteiger charge is 2.19. The largest absolute Gasteiger partial charge is 0.506 e. The molecule has 0 fully saturated rings. The van der Waals surface area contributed by atoms with Gasteiger partial charge in [0.15, 0.2) is 17.2 Å². The van der Waals surface area contributed by atoms with Gasteiger partial charge in [-0.05, 0) is 54.3 Å². The third-order valence-electron chi connectivity index (χ3n) is 6.18. The van der Waals surface area contributed by atoms with Gasteiger partial charge in [-0.15, -0.1) is 24.8 Å². The van der Waals surface area contributed by atoms with E-state index in [-0.39, 0.29) is 44.9 Å². The lowest BCUT2D eigenvalue weighted by atomic mass is 10.0. The van der Waals surface area contributed by atoms with Gasteiger partial charge in [-0.25, -0.2) is 5.26 Å². The summed E-state index contributed by atoms with van der Waals surface area (Å²) in [4.78, 5) is -0.274. The van der Waals surface area contributed by atoms with Crippen LogP contribution in [0.3, 0.4) is 0 Å². The molecule has 0 unspecified atom stereocenters. The number of methoxy groups -OCH3 is 2. The zero-order chi connectivity index (χ0) is 31.3. The van der Waals surface area contributed by atoms with E-state index in [0.29, 0.717) is 22.8 Å². The normalized spacial score (nSPS) is 12.0. The molecule has 0 saturated heterocycles. The molecule has 0 radical (unpaired) electrons. The fourth-order valence-electron chi connectivity index (χ4n) is 4.02. The molecule has 0 aliphatic carbocycles. The zero-order valence-electron chi connectivity index (χ0n) is 23.0. The van der Waals surface area contributed by atoms with Crippen molar-refractivity contribution in [1.82, 2.24) is 0 Å². The van der Waals surface area contributed by atoms with Crippen LogP contribution in [0.15, 0.2) is 78.8 Å². The Hall–Kier alpha value is -4.52. The Labute approximate surface area is 249 Å². The second kappa shape index (κ2) is 13.2. The van der Waals surface area contributed by atoms with Gasteiger partial charge in [0.2, 0.25) is 0 Å². The zero-order valence-corrected chi connectivity index (χ0v) is 24.6. The van der Waals surface area contributed by atoms with Gasteiger partial charge in [0.25, 0.3) is 10.1 Å². The number of aryl methyl sites for hydroxylation is 1. The van der Waals surface area contributed by atoms with Crippen molar-refractivity contribution in [3.8, 4) is 23.0 Å². The van der Waals surface area contributed by atoms with Crippen LogP contribution in [0.25, 0.3) is 10.8 Å². The molecule has 0 amide bonds. The van der Waals surface area contributed by atoms with E-state index in [1.165, 1.54) is 26.4 Å². The number of phenols is 2. The number of hydrogen-bond acceptors (Lipinski definition) is 15. The van der Waals surface area contributed by atoms with Gasteiger partial charge in [-0.2, -0.15) is 8.42 Å². The standard InChI is InChI=1S/C26H25N5O10S2/c1-13-16-10-24(42-41-40-34)25(26(33)15(16)6-7-17(13)27-2)31-29-19-12-23(39-4)22(38-3)11-18(19)28-30-20-9-14(43(35,36)37)5-8-21(20)32/h5-12,27,32-34H,1-4H3,(H,35,36,37). The van der Waals surface area contributed by atoms with Crippen LogP contribution >= 0.6 is 12.0 Å². The summed E-state index contributed by atoms with van der Waals surface area (Å²) in [5.41, 5.74) is 1.44. The number of aromatic hydroxyl groups is 2. The maximum Gasteiger partial charge on any atom is 0.294 e. The molecule has 0 spiro atoms. The minimum absolute atomic E-state index is 0.0389. The van der Waals surface area contributed by atoms with E-state index in [0.717, 1.165) is 29.4 Å². The number of rotatable bonds is 11. The second-order valence-electron chi connectivity index (χ2n) is 8.60. The SMILES string of the molecule is CNc1ccc2c(O)c(N=Nc3cc(OC)c(OC)cc3N=Nc3cc(S(=O)(=O)O)ccc3O)c(SOOO)cc2c1C. The van der Waals surface area contributed by atoms with Crippen LogP contribution in [0, 0.1) is 6.92 Å². The minimum atomic E-state index is -4.58. The van der Waals surface area contributed by atoms with Gasteiger partial charge in [0.05, 0.1) is 36.1 Å². The fraction of sp³-hybridized carbons (Fsp3) is 0.154. The maximum absolute atomic E-state index is 11.5. The van der Waals surface area contributed by atoms with E-state index >= 15 is 0 Å². The van der Waals surface area contributed by atoms with Crippen LogP contribution in [0.2, 0.25) is 0 Å². The minimum Gasteiger partial charge on any atom is -0.506 e. The van der Waals surface area contributed by atoms with Crippen molar-refractivity contribution in [2.24, 2.45) is 20.5 Å². The summed E-state index contributed by atoms with van der Waals surface area (Å²) in [6.45, 7) is 1.86. The number of nitrogens with zero attached hydrogens (tertiary/aromatic N) is 4. The van der Waals surface area contributed by atoms with Crippen molar-refractivity contribution >= 4 is 61.4 Å². The van der Waals surface area contributed by atoms with Crippen molar-refractivity contribution in [3.63, 3.8) is 0 Å². The molecule has 0 aromatic heterocycles. The number of benzene rings is 4. The fourth-order valence-corrected chi connectivity index (χ4v) is 5.01. The Kier molecular flexibility index (Phi) is 9.64.